The van der Waals surface area contributed by atoms with Crippen LogP contribution in [-0.4, -0.2) is 38.7 Å². The molecule has 1 fully saturated rings. The lowest BCUT2D eigenvalue weighted by Gasteiger charge is -2.17. The van der Waals surface area contributed by atoms with Crippen LogP contribution in [0.5, 0.6) is 0 Å². The maximum atomic E-state index is 12.8. The minimum absolute atomic E-state index is 0.0745. The molecule has 1 aliphatic rings. The third kappa shape index (κ3) is 6.29. The quantitative estimate of drug-likeness (QED) is 0.695. The number of halogens is 1. The average Bonchev–Trinajstić information content (AvgIpc) is 3.00. The molecule has 1 aliphatic heterocycles. The molecule has 1 amide bonds. The summed E-state index contributed by atoms with van der Waals surface area (Å²) < 4.78 is 30.3. The summed E-state index contributed by atoms with van der Waals surface area (Å²) in [5, 5.41) is 2.76. The zero-order chi connectivity index (χ0) is 20.9. The van der Waals surface area contributed by atoms with Crippen molar-refractivity contribution in [3.63, 3.8) is 0 Å². The fourth-order valence-electron chi connectivity index (χ4n) is 3.12. The van der Waals surface area contributed by atoms with E-state index in [0.29, 0.717) is 35.1 Å². The summed E-state index contributed by atoms with van der Waals surface area (Å²) in [5.41, 5.74) is 0.440. The highest BCUT2D eigenvalue weighted by Gasteiger charge is 2.19. The molecule has 6 nitrogen and oxygen atoms in total. The van der Waals surface area contributed by atoms with Gasteiger partial charge in [-0.25, -0.2) is 0 Å². The first-order valence-electron chi connectivity index (χ1n) is 9.52. The van der Waals surface area contributed by atoms with E-state index in [2.05, 4.69) is 9.71 Å². The predicted molar refractivity (Wildman–Crippen MR) is 118 cm³/mol. The van der Waals surface area contributed by atoms with Gasteiger partial charge in [-0.1, -0.05) is 24.1 Å². The molecule has 29 heavy (non-hydrogen) atoms. The van der Waals surface area contributed by atoms with Crippen LogP contribution in [0.25, 0.3) is 0 Å². The van der Waals surface area contributed by atoms with Gasteiger partial charge in [0.15, 0.2) is 0 Å². The van der Waals surface area contributed by atoms with Gasteiger partial charge in [-0.3, -0.25) is 4.79 Å². The van der Waals surface area contributed by atoms with Gasteiger partial charge in [-0.05, 0) is 49.6 Å². The molecular formula is C20H24ClN3O3S2. The summed E-state index contributed by atoms with van der Waals surface area (Å²) in [4.78, 5) is 15.2. The highest BCUT2D eigenvalue weighted by molar-refractivity contribution is 7.90. The van der Waals surface area contributed by atoms with Crippen molar-refractivity contribution in [1.29, 1.82) is 0 Å². The van der Waals surface area contributed by atoms with E-state index in [9.17, 15) is 13.2 Å². The summed E-state index contributed by atoms with van der Waals surface area (Å²) in [5.74, 6) is 0.408. The third-order valence-electron chi connectivity index (χ3n) is 4.70. The van der Waals surface area contributed by atoms with E-state index >= 15 is 0 Å². The first-order valence-corrected chi connectivity index (χ1v) is 12.2. The van der Waals surface area contributed by atoms with Gasteiger partial charge < -0.3 is 10.2 Å². The van der Waals surface area contributed by atoms with E-state index in [1.54, 1.807) is 18.2 Å². The lowest BCUT2D eigenvalue weighted by atomic mass is 10.2. The Kier molecular flexibility index (Phi) is 7.32. The molecule has 1 saturated heterocycles. The number of aryl methyl sites for hydroxylation is 1. The van der Waals surface area contributed by atoms with Crippen molar-refractivity contribution in [1.82, 2.24) is 4.90 Å². The van der Waals surface area contributed by atoms with Crippen LogP contribution in [0.2, 0.25) is 4.34 Å². The Morgan fingerprint density at radius 2 is 2.07 bits per heavy atom. The normalized spacial score (nSPS) is 16.6. The number of thiophene rings is 1. The highest BCUT2D eigenvalue weighted by atomic mass is 35.5. The third-order valence-corrected chi connectivity index (χ3v) is 7.29. The molecule has 0 unspecified atom stereocenters. The van der Waals surface area contributed by atoms with Gasteiger partial charge in [0.05, 0.1) is 9.23 Å². The van der Waals surface area contributed by atoms with Gasteiger partial charge in [-0.15, -0.1) is 15.7 Å². The van der Waals surface area contributed by atoms with Gasteiger partial charge in [-0.2, -0.15) is 8.42 Å². The molecular weight excluding hydrogens is 430 g/mol. The monoisotopic (exact) mass is 453 g/mol. The maximum Gasteiger partial charge on any atom is 0.284 e. The van der Waals surface area contributed by atoms with Crippen molar-refractivity contribution in [2.75, 3.05) is 18.9 Å². The van der Waals surface area contributed by atoms with Gasteiger partial charge in [0.25, 0.3) is 10.0 Å². The van der Waals surface area contributed by atoms with Crippen LogP contribution >= 0.6 is 22.9 Å². The number of benzene rings is 1. The van der Waals surface area contributed by atoms with Crippen LogP contribution in [-0.2, 0) is 21.2 Å². The number of nitrogens with one attached hydrogen (secondary N) is 1. The molecule has 9 heteroatoms. The SMILES string of the molecule is CN1CCCCCC1=NS(=O)(=O)c1cccc(NC(=O)CCc2ccc(Cl)s2)c1. The van der Waals surface area contributed by atoms with Gasteiger partial charge in [0.1, 0.15) is 5.84 Å². The highest BCUT2D eigenvalue weighted by Crippen LogP contribution is 2.23. The second-order valence-electron chi connectivity index (χ2n) is 7.00. The second-order valence-corrected chi connectivity index (χ2v) is 10.4. The summed E-state index contributed by atoms with van der Waals surface area (Å²) in [6, 6.07) is 9.94. The van der Waals surface area contributed by atoms with Crippen molar-refractivity contribution in [2.45, 2.75) is 43.4 Å². The minimum atomic E-state index is -3.84. The van der Waals surface area contributed by atoms with Crippen molar-refractivity contribution in [3.8, 4) is 0 Å². The van der Waals surface area contributed by atoms with Crippen molar-refractivity contribution in [3.05, 3.63) is 45.6 Å². The van der Waals surface area contributed by atoms with Crippen LogP contribution < -0.4 is 5.32 Å². The van der Waals surface area contributed by atoms with Crippen LogP contribution in [0.15, 0.2) is 45.7 Å². The molecule has 2 aromatic rings. The van der Waals surface area contributed by atoms with Gasteiger partial charge in [0.2, 0.25) is 5.91 Å². The van der Waals surface area contributed by atoms with Crippen LogP contribution in [0.4, 0.5) is 5.69 Å². The molecule has 1 aromatic heterocycles. The fourth-order valence-corrected chi connectivity index (χ4v) is 5.34. The molecule has 0 atom stereocenters. The number of amides is 1. The fraction of sp³-hybridized carbons (Fsp3) is 0.400. The van der Waals surface area contributed by atoms with E-state index in [4.69, 9.17) is 11.6 Å². The summed E-state index contributed by atoms with van der Waals surface area (Å²) in [7, 11) is -1.97. The summed E-state index contributed by atoms with van der Waals surface area (Å²) in [6.45, 7) is 0.805. The van der Waals surface area contributed by atoms with Crippen LogP contribution in [0.3, 0.4) is 0 Å². The Morgan fingerprint density at radius 3 is 2.83 bits per heavy atom. The van der Waals surface area contributed by atoms with Gasteiger partial charge >= 0.3 is 0 Å². The molecule has 0 radical (unpaired) electrons. The average molecular weight is 454 g/mol. The Balaban J connectivity index is 1.68. The zero-order valence-corrected chi connectivity index (χ0v) is 18.6. The van der Waals surface area contributed by atoms with E-state index in [1.807, 2.05) is 18.0 Å². The largest absolute Gasteiger partial charge is 0.362 e. The number of sulfonamides is 1. The number of carbonyl (C=O) groups is 1. The lowest BCUT2D eigenvalue weighted by Crippen LogP contribution is -2.26. The summed E-state index contributed by atoms with van der Waals surface area (Å²) >= 11 is 7.35. The van der Waals surface area contributed by atoms with E-state index in [1.165, 1.54) is 23.5 Å². The predicted octanol–water partition coefficient (Wildman–Crippen LogP) is 4.57. The van der Waals surface area contributed by atoms with Gasteiger partial charge in [0, 0.05) is 37.0 Å². The molecule has 156 valence electrons. The van der Waals surface area contributed by atoms with Crippen LogP contribution in [0, 0.1) is 0 Å². The maximum absolute atomic E-state index is 12.8. The van der Waals surface area contributed by atoms with Crippen molar-refractivity contribution < 1.29 is 13.2 Å². The Morgan fingerprint density at radius 1 is 1.24 bits per heavy atom. The molecule has 0 bridgehead atoms. The van der Waals surface area contributed by atoms with E-state index in [0.717, 1.165) is 30.7 Å². The number of rotatable bonds is 6. The van der Waals surface area contributed by atoms with Crippen LogP contribution in [0.1, 0.15) is 37.0 Å². The Bertz CT molecular complexity index is 1000. The first-order chi connectivity index (χ1) is 13.8. The number of hydrogen-bond acceptors (Lipinski definition) is 4. The Hall–Kier alpha value is -1.90. The number of carbonyl (C=O) groups excluding carboxylic acids is 1. The molecule has 0 saturated carbocycles. The topological polar surface area (TPSA) is 78.8 Å². The zero-order valence-electron chi connectivity index (χ0n) is 16.2. The molecule has 2 heterocycles. The standard InChI is InChI=1S/C20H24ClN3O3S2/c1-24-13-4-2-3-8-19(24)23-29(26,27)17-7-5-6-15(14-17)22-20(25)12-10-16-9-11-18(21)28-16/h5-7,9,11,14H,2-4,8,10,12-13H2,1H3,(H,22,25). The Labute approximate surface area is 180 Å². The van der Waals surface area contributed by atoms with Crippen molar-refractivity contribution >= 4 is 50.4 Å². The second kappa shape index (κ2) is 9.73. The summed E-state index contributed by atoms with van der Waals surface area (Å²) in [6.07, 6.45) is 4.57. The molecule has 3 rings (SSSR count). The number of amidine groups is 1. The van der Waals surface area contributed by atoms with E-state index < -0.39 is 10.0 Å². The number of likely N-dealkylation sites (tertiary alicyclic amines) is 1. The molecule has 0 spiro atoms. The molecule has 1 aromatic carbocycles. The molecule has 1 N–H and O–H groups in total. The first kappa shape index (κ1) is 21.8. The smallest absolute Gasteiger partial charge is 0.284 e. The van der Waals surface area contributed by atoms with Crippen molar-refractivity contribution in [2.24, 2.45) is 4.40 Å². The number of anilines is 1. The lowest BCUT2D eigenvalue weighted by molar-refractivity contribution is -0.116. The number of hydrogen-bond donors (Lipinski definition) is 1. The van der Waals surface area contributed by atoms with E-state index in [-0.39, 0.29) is 10.8 Å². The molecule has 0 aliphatic carbocycles. The number of nitrogens with zero attached hydrogens (tertiary/aromatic N) is 2. The minimum Gasteiger partial charge on any atom is -0.362 e.